The molecule has 1 aliphatic rings. The van der Waals surface area contributed by atoms with E-state index in [9.17, 15) is 0 Å². The van der Waals surface area contributed by atoms with Gasteiger partial charge in [0.15, 0.2) is 0 Å². The maximum absolute atomic E-state index is 5.61. The second kappa shape index (κ2) is 7.87. The summed E-state index contributed by atoms with van der Waals surface area (Å²) in [6, 6.07) is 0. The number of hydrogen-bond donors (Lipinski definition) is 0. The highest BCUT2D eigenvalue weighted by molar-refractivity contribution is 8.61. The van der Waals surface area contributed by atoms with E-state index in [-0.39, 0.29) is 7.30 Å². The van der Waals surface area contributed by atoms with Crippen LogP contribution in [0.4, 0.5) is 0 Å². The van der Waals surface area contributed by atoms with Crippen LogP contribution in [-0.2, 0) is 4.74 Å². The smallest absolute Gasteiger partial charge is 0.0542 e. The predicted molar refractivity (Wildman–Crippen MR) is 76.9 cm³/mol. The lowest BCUT2D eigenvalue weighted by atomic mass is 9.94. The van der Waals surface area contributed by atoms with Gasteiger partial charge in [0.05, 0.1) is 6.61 Å². The summed E-state index contributed by atoms with van der Waals surface area (Å²) in [5, 5.41) is 0. The standard InChI is InChI=1S/C9H22OP4/c1-2-3-4-8-5-6-10-7-9(8)14(12)13-11/h8-9,13H,2-7,11-12H2,1H3. The van der Waals surface area contributed by atoms with E-state index < -0.39 is 0 Å². The minimum Gasteiger partial charge on any atom is -0.381 e. The zero-order chi connectivity index (χ0) is 10.4. The van der Waals surface area contributed by atoms with Gasteiger partial charge in [-0.3, -0.25) is 0 Å². The Morgan fingerprint density at radius 1 is 1.57 bits per heavy atom. The third-order valence-corrected chi connectivity index (χ3v) is 14.2. The fraction of sp³-hybridized carbons (Fsp3) is 1.00. The summed E-state index contributed by atoms with van der Waals surface area (Å²) >= 11 is 0. The van der Waals surface area contributed by atoms with Gasteiger partial charge >= 0.3 is 0 Å². The maximum atomic E-state index is 5.61. The zero-order valence-electron chi connectivity index (χ0n) is 8.91. The number of ether oxygens (including phenoxy) is 1. The van der Waals surface area contributed by atoms with Crippen molar-refractivity contribution in [3.63, 3.8) is 0 Å². The normalized spacial score (nSPS) is 31.1. The molecule has 6 atom stereocenters. The van der Waals surface area contributed by atoms with E-state index in [1.54, 1.807) is 0 Å². The Morgan fingerprint density at radius 3 is 3.00 bits per heavy atom. The molecule has 1 rings (SSSR count). The Balaban J connectivity index is 2.41. The van der Waals surface area contributed by atoms with Crippen LogP contribution in [0.1, 0.15) is 32.6 Å². The monoisotopic (exact) mass is 270 g/mol. The summed E-state index contributed by atoms with van der Waals surface area (Å²) in [6.45, 7) is 4.30. The molecule has 0 bridgehead atoms. The van der Waals surface area contributed by atoms with Gasteiger partial charge in [0.1, 0.15) is 0 Å². The van der Waals surface area contributed by atoms with Crippen molar-refractivity contribution in [2.45, 2.75) is 38.3 Å². The third kappa shape index (κ3) is 4.28. The average molecular weight is 270 g/mol. The number of rotatable bonds is 5. The van der Waals surface area contributed by atoms with Crippen LogP contribution in [-0.4, -0.2) is 18.9 Å². The van der Waals surface area contributed by atoms with Crippen molar-refractivity contribution >= 4 is 33.1 Å². The topological polar surface area (TPSA) is 9.23 Å². The first kappa shape index (κ1) is 13.7. The summed E-state index contributed by atoms with van der Waals surface area (Å²) in [6.07, 6.45) is 5.46. The highest BCUT2D eigenvalue weighted by atomic mass is 32.6. The summed E-state index contributed by atoms with van der Waals surface area (Å²) < 4.78 is 5.61. The van der Waals surface area contributed by atoms with Crippen LogP contribution in [0.2, 0.25) is 0 Å². The van der Waals surface area contributed by atoms with Crippen LogP contribution in [0.15, 0.2) is 0 Å². The molecule has 1 fully saturated rings. The lowest BCUT2D eigenvalue weighted by Gasteiger charge is -2.35. The van der Waals surface area contributed by atoms with Gasteiger partial charge in [-0.2, -0.15) is 0 Å². The fourth-order valence-corrected chi connectivity index (χ4v) is 7.33. The summed E-state index contributed by atoms with van der Waals surface area (Å²) in [7, 11) is 7.13. The Morgan fingerprint density at radius 2 is 2.36 bits per heavy atom. The van der Waals surface area contributed by atoms with E-state index in [0.717, 1.165) is 32.7 Å². The van der Waals surface area contributed by atoms with Gasteiger partial charge in [0.25, 0.3) is 0 Å². The molecule has 1 saturated heterocycles. The van der Waals surface area contributed by atoms with Crippen LogP contribution >= 0.6 is 33.1 Å². The van der Waals surface area contributed by atoms with Crippen molar-refractivity contribution in [3.8, 4) is 0 Å². The van der Waals surface area contributed by atoms with Crippen LogP contribution in [0.5, 0.6) is 0 Å². The Kier molecular flexibility index (Phi) is 7.73. The van der Waals surface area contributed by atoms with Gasteiger partial charge in [-0.1, -0.05) is 35.0 Å². The molecular formula is C9H22OP4. The molecule has 0 spiro atoms. The van der Waals surface area contributed by atoms with Crippen molar-refractivity contribution < 1.29 is 4.74 Å². The molecule has 0 N–H and O–H groups in total. The zero-order valence-corrected chi connectivity index (χ0v) is 13.1. The minimum atomic E-state index is 0.130. The second-order valence-corrected chi connectivity index (χ2v) is 13.5. The first-order chi connectivity index (χ1) is 6.79. The molecule has 14 heavy (non-hydrogen) atoms. The molecular weight excluding hydrogens is 248 g/mol. The molecule has 0 aromatic heterocycles. The van der Waals surface area contributed by atoms with E-state index in [0.29, 0.717) is 0 Å². The number of hydrogen-bond acceptors (Lipinski definition) is 1. The van der Waals surface area contributed by atoms with Crippen molar-refractivity contribution in [1.29, 1.82) is 0 Å². The third-order valence-electron chi connectivity index (χ3n) is 2.90. The SMILES string of the molecule is CCCCC1CCOCC1P(P)PP. The molecule has 0 saturated carbocycles. The van der Waals surface area contributed by atoms with E-state index in [2.05, 4.69) is 24.8 Å². The van der Waals surface area contributed by atoms with Crippen molar-refractivity contribution in [2.75, 3.05) is 13.2 Å². The van der Waals surface area contributed by atoms with Crippen LogP contribution < -0.4 is 0 Å². The Hall–Kier alpha value is 1.68. The van der Waals surface area contributed by atoms with Crippen molar-refractivity contribution in [1.82, 2.24) is 0 Å². The van der Waals surface area contributed by atoms with Gasteiger partial charge in [0, 0.05) is 12.3 Å². The lowest BCUT2D eigenvalue weighted by Crippen LogP contribution is -2.29. The average Bonchev–Trinajstić information content (AvgIpc) is 2.25. The molecule has 0 amide bonds. The van der Waals surface area contributed by atoms with Gasteiger partial charge in [0.2, 0.25) is 0 Å². The molecule has 1 nitrogen and oxygen atoms in total. The molecule has 6 unspecified atom stereocenters. The highest BCUT2D eigenvalue weighted by Crippen LogP contribution is 2.71. The predicted octanol–water partition coefficient (Wildman–Crippen LogP) is 4.24. The molecule has 0 aliphatic carbocycles. The molecule has 0 aromatic rings. The molecule has 84 valence electrons. The van der Waals surface area contributed by atoms with E-state index in [4.69, 9.17) is 4.74 Å². The summed E-state index contributed by atoms with van der Waals surface area (Å²) in [4.78, 5) is 0. The van der Waals surface area contributed by atoms with Crippen LogP contribution in [0, 0.1) is 5.92 Å². The maximum Gasteiger partial charge on any atom is 0.0542 e. The van der Waals surface area contributed by atoms with Crippen LogP contribution in [0.3, 0.4) is 0 Å². The summed E-state index contributed by atoms with van der Waals surface area (Å²) in [5.41, 5.74) is 0.853. The molecule has 5 heteroatoms. The lowest BCUT2D eigenvalue weighted by molar-refractivity contribution is 0.0683. The summed E-state index contributed by atoms with van der Waals surface area (Å²) in [5.74, 6) is 0.945. The van der Waals surface area contributed by atoms with Gasteiger partial charge in [-0.15, -0.1) is 17.9 Å². The molecule has 1 aliphatic heterocycles. The first-order valence-electron chi connectivity index (χ1n) is 5.37. The van der Waals surface area contributed by atoms with Crippen molar-refractivity contribution in [2.24, 2.45) is 5.92 Å². The van der Waals surface area contributed by atoms with E-state index in [1.807, 2.05) is 0 Å². The Bertz CT molecular complexity index is 156. The molecule has 0 radical (unpaired) electrons. The van der Waals surface area contributed by atoms with E-state index >= 15 is 0 Å². The van der Waals surface area contributed by atoms with Crippen LogP contribution in [0.25, 0.3) is 0 Å². The molecule has 0 aromatic carbocycles. The van der Waals surface area contributed by atoms with Crippen molar-refractivity contribution in [3.05, 3.63) is 0 Å². The highest BCUT2D eigenvalue weighted by Gasteiger charge is 2.28. The Labute approximate surface area is 95.5 Å². The first-order valence-corrected chi connectivity index (χ1v) is 12.1. The van der Waals surface area contributed by atoms with Gasteiger partial charge in [-0.05, 0) is 18.8 Å². The van der Waals surface area contributed by atoms with Gasteiger partial charge < -0.3 is 4.74 Å². The second-order valence-electron chi connectivity index (χ2n) is 3.87. The quantitative estimate of drug-likeness (QED) is 0.679. The largest absolute Gasteiger partial charge is 0.381 e. The fourth-order valence-electron chi connectivity index (χ4n) is 1.97. The van der Waals surface area contributed by atoms with Gasteiger partial charge in [-0.25, -0.2) is 0 Å². The molecule has 1 heterocycles. The minimum absolute atomic E-state index is 0.130. The van der Waals surface area contributed by atoms with E-state index in [1.165, 1.54) is 25.7 Å². The number of unbranched alkanes of at least 4 members (excludes halogenated alkanes) is 1.